The van der Waals surface area contributed by atoms with Gasteiger partial charge in [-0.2, -0.15) is 0 Å². The third-order valence-electron chi connectivity index (χ3n) is 10.9. The first-order valence-corrected chi connectivity index (χ1v) is 23.2. The number of carbonyl (C=O) groups is 8. The predicted octanol–water partition coefficient (Wildman–Crippen LogP) is 8.56. The summed E-state index contributed by atoms with van der Waals surface area (Å²) in [6.45, 7) is 0. The number of aromatic hydroxyl groups is 4. The molecule has 0 aliphatic carbocycles. The Morgan fingerprint density at radius 2 is 0.679 bits per heavy atom. The summed E-state index contributed by atoms with van der Waals surface area (Å²) in [7, 11) is 5.55. The van der Waals surface area contributed by atoms with Crippen LogP contribution in [0.1, 0.15) is 54.1 Å². The third-order valence-corrected chi connectivity index (χ3v) is 10.9. The lowest BCUT2D eigenvalue weighted by Gasteiger charge is -2.05. The van der Waals surface area contributed by atoms with Crippen LogP contribution in [-0.4, -0.2) is 122 Å². The summed E-state index contributed by atoms with van der Waals surface area (Å²) in [6, 6.07) is 29.0. The highest BCUT2D eigenvalue weighted by Crippen LogP contribution is 2.31. The molecule has 21 heteroatoms. The Bertz CT molecular complexity index is 3580. The number of hydrogen-bond acceptors (Lipinski definition) is 16. The first kappa shape index (κ1) is 62.1. The number of ketones is 3. The zero-order chi connectivity index (χ0) is 59.9. The molecular formula is C60H50O21. The number of aliphatic carboxylic acids is 3. The second-order valence-corrected chi connectivity index (χ2v) is 16.2. The summed E-state index contributed by atoms with van der Waals surface area (Å²) in [5.41, 5.74) is 0.283. The van der Waals surface area contributed by atoms with Crippen molar-refractivity contribution in [2.45, 2.75) is 0 Å². The van der Waals surface area contributed by atoms with E-state index >= 15 is 0 Å². The number of carboxylic acids is 5. The topological polar surface area (TPSA) is 356 Å². The van der Waals surface area contributed by atoms with Crippen LogP contribution in [-0.2, 0) is 28.8 Å². The van der Waals surface area contributed by atoms with Gasteiger partial charge in [-0.15, -0.1) is 0 Å². The van der Waals surface area contributed by atoms with Crippen molar-refractivity contribution in [1.29, 1.82) is 0 Å². The molecule has 0 spiro atoms. The van der Waals surface area contributed by atoms with Crippen LogP contribution in [0.2, 0.25) is 0 Å². The normalized spacial score (nSPS) is 11.4. The number of hydrogen-bond donors (Lipinski definition) is 9. The van der Waals surface area contributed by atoms with Crippen LogP contribution >= 0.6 is 0 Å². The summed E-state index contributed by atoms with van der Waals surface area (Å²) < 4.78 is 19.8. The molecule has 0 aliphatic rings. The quantitative estimate of drug-likeness (QED) is 0.0185. The molecule has 6 aromatic rings. The highest BCUT2D eigenvalue weighted by molar-refractivity contribution is 6.26. The molecule has 6 aromatic carbocycles. The first-order chi connectivity index (χ1) is 38.5. The van der Waals surface area contributed by atoms with E-state index in [4.69, 9.17) is 29.2 Å². The molecule has 0 unspecified atom stereocenters. The molecule has 0 saturated carbocycles. The van der Waals surface area contributed by atoms with Gasteiger partial charge in [-0.25, -0.2) is 24.0 Å². The van der Waals surface area contributed by atoms with Gasteiger partial charge in [-0.05, 0) is 131 Å². The van der Waals surface area contributed by atoms with E-state index in [0.29, 0.717) is 22.3 Å². The Balaban J connectivity index is 0.000000261. The Hall–Kier alpha value is -11.5. The van der Waals surface area contributed by atoms with Gasteiger partial charge in [-0.3, -0.25) is 14.4 Å². The summed E-state index contributed by atoms with van der Waals surface area (Å²) in [6.07, 6.45) is 10.4. The first-order valence-electron chi connectivity index (χ1n) is 23.2. The van der Waals surface area contributed by atoms with E-state index < -0.39 is 63.9 Å². The Kier molecular flexibility index (Phi) is 22.8. The van der Waals surface area contributed by atoms with Crippen LogP contribution in [0.3, 0.4) is 0 Å². The van der Waals surface area contributed by atoms with Crippen molar-refractivity contribution in [2.24, 2.45) is 0 Å². The van der Waals surface area contributed by atoms with Crippen LogP contribution in [0.5, 0.6) is 46.0 Å². The number of phenols is 4. The van der Waals surface area contributed by atoms with Crippen molar-refractivity contribution in [3.8, 4) is 46.0 Å². The Morgan fingerprint density at radius 1 is 0.346 bits per heavy atom. The van der Waals surface area contributed by atoms with Crippen LogP contribution in [0.15, 0.2) is 156 Å². The molecule has 0 bridgehead atoms. The largest absolute Gasteiger partial charge is 0.504 e. The van der Waals surface area contributed by atoms with Crippen molar-refractivity contribution in [3.63, 3.8) is 0 Å². The van der Waals surface area contributed by atoms with Crippen molar-refractivity contribution in [2.75, 3.05) is 28.4 Å². The van der Waals surface area contributed by atoms with Crippen molar-refractivity contribution < 1.29 is 103 Å². The van der Waals surface area contributed by atoms with Crippen molar-refractivity contribution in [1.82, 2.24) is 0 Å². The van der Waals surface area contributed by atoms with E-state index in [1.54, 1.807) is 18.2 Å². The number of phenolic OH excluding ortho intramolecular Hbond substituents is 4. The molecule has 0 heterocycles. The number of benzene rings is 6. The fraction of sp³-hybridized carbons (Fsp3) is 0.0667. The molecule has 0 atom stereocenters. The number of aromatic carboxylic acids is 2. The molecule has 416 valence electrons. The zero-order valence-electron chi connectivity index (χ0n) is 43.2. The van der Waals surface area contributed by atoms with Crippen LogP contribution in [0.4, 0.5) is 0 Å². The van der Waals surface area contributed by atoms with Gasteiger partial charge in [0.25, 0.3) is 0 Å². The maximum atomic E-state index is 12.3. The van der Waals surface area contributed by atoms with Gasteiger partial charge < -0.3 is 64.9 Å². The minimum Gasteiger partial charge on any atom is -0.504 e. The molecule has 6 rings (SSSR count). The summed E-state index contributed by atoms with van der Waals surface area (Å²) in [5, 5.41) is 84.9. The lowest BCUT2D eigenvalue weighted by Crippen LogP contribution is -2.10. The maximum absolute atomic E-state index is 12.3. The van der Waals surface area contributed by atoms with E-state index in [9.17, 15) is 74.1 Å². The van der Waals surface area contributed by atoms with Gasteiger partial charge in [-0.1, -0.05) is 78.9 Å². The average Bonchev–Trinajstić information content (AvgIpc) is 3.45. The Morgan fingerprint density at radius 3 is 1.11 bits per heavy atom. The van der Waals surface area contributed by atoms with Gasteiger partial charge in [0.2, 0.25) is 0 Å². The maximum Gasteiger partial charge on any atom is 0.339 e. The molecule has 0 radical (unpaired) electrons. The number of carboxylic acid groups (broad SMARTS) is 5. The van der Waals surface area contributed by atoms with Gasteiger partial charge in [0.15, 0.2) is 63.3 Å². The SMILES string of the molecule is COc1cc(C=CC(=O)C(=Cc2ccc(O)c(OC)c2)C(=O)O)ccc1O.COc1ccc(C=CC(=O)C(=Cc2ccc(OC)c(O)c2)C(=O)O)cc1O.O=C(O)C(=Cc1ccccc1C(=O)O)C(=O)C=Cc1ccccc1C(=O)O. The van der Waals surface area contributed by atoms with Crippen molar-refractivity contribution >= 4 is 83.7 Å². The van der Waals surface area contributed by atoms with Crippen LogP contribution < -0.4 is 18.9 Å². The minimum atomic E-state index is -1.53. The highest BCUT2D eigenvalue weighted by atomic mass is 16.5. The number of allylic oxidation sites excluding steroid dienone is 3. The molecule has 0 fully saturated rings. The number of methoxy groups -OCH3 is 4. The summed E-state index contributed by atoms with van der Waals surface area (Å²) in [4.78, 5) is 93.6. The van der Waals surface area contributed by atoms with Crippen LogP contribution in [0, 0.1) is 0 Å². The lowest BCUT2D eigenvalue weighted by atomic mass is 10.0. The highest BCUT2D eigenvalue weighted by Gasteiger charge is 2.20. The van der Waals surface area contributed by atoms with Crippen LogP contribution in [0.25, 0.3) is 36.5 Å². The van der Waals surface area contributed by atoms with Crippen molar-refractivity contribution in [3.05, 3.63) is 201 Å². The number of carbonyl (C=O) groups excluding carboxylic acids is 3. The second-order valence-electron chi connectivity index (χ2n) is 16.2. The van der Waals surface area contributed by atoms with Gasteiger partial charge in [0.1, 0.15) is 16.7 Å². The van der Waals surface area contributed by atoms with E-state index in [1.807, 2.05) is 0 Å². The second kappa shape index (κ2) is 29.7. The molecule has 0 aliphatic heterocycles. The zero-order valence-corrected chi connectivity index (χ0v) is 43.2. The van der Waals surface area contributed by atoms with Gasteiger partial charge in [0, 0.05) is 0 Å². The summed E-state index contributed by atoms with van der Waals surface area (Å²) >= 11 is 0. The number of rotatable bonds is 21. The number of ether oxygens (including phenoxy) is 4. The molecule has 0 amide bonds. The standard InChI is InChI=1S/2C20H18O7.C20H14O7/c1-26-18-7-4-12(10-16(18)22)3-6-15(21)14(20(24)25)9-13-5-8-19(27-2)17(23)11-13;1-26-18-10-12(4-7-16(18)22)3-6-15(21)14(20(24)25)9-13-5-8-17(23)19(11-13)27-2;21-17(10-9-12-5-1-3-7-14(12)18(22)23)16(20(26)27)11-13-6-2-4-8-15(13)19(24)25/h2*3-11,22-23H,1-2H3,(H,24,25);1-11H,(H,22,23)(H,24,25)(H,26,27). The van der Waals surface area contributed by atoms with E-state index in [-0.39, 0.29) is 68.2 Å². The predicted molar refractivity (Wildman–Crippen MR) is 294 cm³/mol. The fourth-order valence-electron chi connectivity index (χ4n) is 6.83. The third kappa shape index (κ3) is 18.1. The smallest absolute Gasteiger partial charge is 0.339 e. The van der Waals surface area contributed by atoms with Gasteiger partial charge in [0.05, 0.1) is 39.6 Å². The molecule has 81 heavy (non-hydrogen) atoms. The monoisotopic (exact) mass is 1110 g/mol. The fourth-order valence-corrected chi connectivity index (χ4v) is 6.83. The van der Waals surface area contributed by atoms with Gasteiger partial charge >= 0.3 is 29.8 Å². The minimum absolute atomic E-state index is 0.0429. The molecule has 0 aromatic heterocycles. The van der Waals surface area contributed by atoms with E-state index in [1.165, 1.54) is 156 Å². The molecule has 0 saturated heterocycles. The molecule has 21 nitrogen and oxygen atoms in total. The summed E-state index contributed by atoms with van der Waals surface area (Å²) in [5.74, 6) is -8.65. The average molecular weight is 1110 g/mol. The lowest BCUT2D eigenvalue weighted by molar-refractivity contribution is -0.135. The van der Waals surface area contributed by atoms with E-state index in [0.717, 1.165) is 30.4 Å². The Labute approximate surface area is 460 Å². The molecular weight excluding hydrogens is 1060 g/mol. The van der Waals surface area contributed by atoms with E-state index in [2.05, 4.69) is 0 Å². The molecule has 9 N–H and O–H groups in total.